The van der Waals surface area contributed by atoms with Crippen molar-refractivity contribution in [3.63, 3.8) is 0 Å². The number of pyridine rings is 1. The molecule has 0 bridgehead atoms. The van der Waals surface area contributed by atoms with E-state index in [1.54, 1.807) is 39.3 Å². The smallest absolute Gasteiger partial charge is 0.416 e. The number of nitrogens with two attached hydrogens (primary N) is 1. The molecule has 0 radical (unpaired) electrons. The average molecular weight is 532 g/mol. The Morgan fingerprint density at radius 2 is 1.95 bits per heavy atom. The van der Waals surface area contributed by atoms with Crippen LogP contribution in [0.3, 0.4) is 0 Å². The van der Waals surface area contributed by atoms with Gasteiger partial charge in [-0.2, -0.15) is 13.2 Å². The number of methoxy groups -OCH3 is 1. The molecule has 5 nitrogen and oxygen atoms in total. The maximum absolute atomic E-state index is 13.3. The van der Waals surface area contributed by atoms with E-state index in [9.17, 15) is 13.2 Å². The van der Waals surface area contributed by atoms with Crippen LogP contribution in [-0.2, 0) is 9.47 Å². The number of ether oxygens (including phenoxy) is 2. The average Bonchev–Trinajstić information content (AvgIpc) is 2.87. The number of nitrogens with one attached hydrogen (secondary N) is 1. The molecule has 3 rings (SSSR count). The van der Waals surface area contributed by atoms with E-state index < -0.39 is 11.7 Å². The van der Waals surface area contributed by atoms with Crippen LogP contribution in [0.5, 0.6) is 0 Å². The zero-order valence-corrected chi connectivity index (χ0v) is 23.2. The van der Waals surface area contributed by atoms with E-state index in [1.807, 2.05) is 39.1 Å². The van der Waals surface area contributed by atoms with Gasteiger partial charge in [0.05, 0.1) is 5.57 Å². The minimum Gasteiger partial charge on any atom is -0.461 e. The minimum atomic E-state index is -4.38. The summed E-state index contributed by atoms with van der Waals surface area (Å²) in [6.45, 7) is 9.25. The van der Waals surface area contributed by atoms with Crippen molar-refractivity contribution in [2.24, 2.45) is 0 Å². The van der Waals surface area contributed by atoms with E-state index in [-0.39, 0.29) is 6.23 Å². The van der Waals surface area contributed by atoms with Crippen molar-refractivity contribution in [1.82, 2.24) is 10.3 Å². The van der Waals surface area contributed by atoms with Gasteiger partial charge in [0.2, 0.25) is 0 Å². The fraction of sp³-hybridized carbons (Fsp3) is 0.433. The Bertz CT molecular complexity index is 1140. The minimum absolute atomic E-state index is 0.120. The Balaban J connectivity index is 0.000000323. The molecule has 1 aliphatic carbocycles. The number of alkyl halides is 3. The van der Waals surface area contributed by atoms with Gasteiger partial charge in [0.1, 0.15) is 17.3 Å². The van der Waals surface area contributed by atoms with E-state index >= 15 is 0 Å². The van der Waals surface area contributed by atoms with Crippen LogP contribution < -0.4 is 11.1 Å². The van der Waals surface area contributed by atoms with Crippen molar-refractivity contribution >= 4 is 11.9 Å². The van der Waals surface area contributed by atoms with Gasteiger partial charge in [-0.25, -0.2) is 4.98 Å². The van der Waals surface area contributed by atoms with E-state index in [4.69, 9.17) is 15.2 Å². The lowest BCUT2D eigenvalue weighted by Crippen LogP contribution is -2.21. The first-order valence-electron chi connectivity index (χ1n) is 12.9. The van der Waals surface area contributed by atoms with Gasteiger partial charge in [-0.15, -0.1) is 0 Å². The fourth-order valence-electron chi connectivity index (χ4n) is 4.17. The number of aromatic nitrogens is 1. The molecule has 1 aliphatic heterocycles. The molecule has 1 aromatic rings. The highest BCUT2D eigenvalue weighted by molar-refractivity contribution is 5.66. The molecule has 0 saturated carbocycles. The summed E-state index contributed by atoms with van der Waals surface area (Å²) in [5.41, 5.74) is 9.53. The van der Waals surface area contributed by atoms with E-state index in [0.717, 1.165) is 48.1 Å². The van der Waals surface area contributed by atoms with Gasteiger partial charge >= 0.3 is 6.18 Å². The number of nitrogens with zero attached hydrogens (tertiary/aromatic N) is 1. The number of hydrogen-bond donors (Lipinski definition) is 2. The molecule has 8 heteroatoms. The topological polar surface area (TPSA) is 69.4 Å². The van der Waals surface area contributed by atoms with Gasteiger partial charge in [0.25, 0.3) is 0 Å². The number of anilines is 1. The van der Waals surface area contributed by atoms with Crippen LogP contribution in [-0.4, -0.2) is 18.3 Å². The molecule has 1 unspecified atom stereocenters. The second-order valence-corrected chi connectivity index (χ2v) is 9.32. The summed E-state index contributed by atoms with van der Waals surface area (Å²) in [6, 6.07) is 1.90. The Kier molecular flexibility index (Phi) is 11.9. The van der Waals surface area contributed by atoms with Crippen LogP contribution in [0, 0.1) is 0 Å². The SMILES string of the molecule is COC1NC=Cc2c1ccnc2N.C\C=C/C(=C\C(=C\CC)C(F)(F)F)C(OC1=C(C)CCCC1)=C(C)C. The van der Waals surface area contributed by atoms with Crippen LogP contribution in [0.15, 0.2) is 76.6 Å². The zero-order chi connectivity index (χ0) is 28.3. The van der Waals surface area contributed by atoms with Crippen LogP contribution in [0.4, 0.5) is 19.0 Å². The number of hydrogen-bond acceptors (Lipinski definition) is 5. The number of nitrogen functional groups attached to an aromatic ring is 1. The number of allylic oxidation sites excluding steroid dienone is 8. The highest BCUT2D eigenvalue weighted by Crippen LogP contribution is 2.34. The molecule has 0 saturated heterocycles. The molecule has 1 aromatic heterocycles. The highest BCUT2D eigenvalue weighted by atomic mass is 19.4. The summed E-state index contributed by atoms with van der Waals surface area (Å²) in [5.74, 6) is 1.95. The summed E-state index contributed by atoms with van der Waals surface area (Å²) in [7, 11) is 1.65. The van der Waals surface area contributed by atoms with Crippen LogP contribution >= 0.6 is 0 Å². The Morgan fingerprint density at radius 3 is 2.53 bits per heavy atom. The van der Waals surface area contributed by atoms with Crippen molar-refractivity contribution in [1.29, 1.82) is 0 Å². The standard InChI is InChI=1S/C21H29F3O.C9H11N3O/c1-6-10-17(14-18(11-7-2)21(22,23)24)20(15(3)4)25-19-13-9-8-12-16(19)5;1-13-9-7-3-4-11-8(10)6(7)2-5-12-9/h6,10-11,14H,7-9,12-13H2,1-5H3;2-5,9,12H,1H3,(H2,10,11)/b10-6-,17-14+,18-11-;. The van der Waals surface area contributed by atoms with Crippen molar-refractivity contribution in [3.8, 4) is 0 Å². The first kappa shape index (κ1) is 31.0. The molecule has 3 N–H and O–H groups in total. The molecule has 0 spiro atoms. The van der Waals surface area contributed by atoms with Crippen LogP contribution in [0.2, 0.25) is 0 Å². The monoisotopic (exact) mass is 531 g/mol. The van der Waals surface area contributed by atoms with Gasteiger partial charge in [0.15, 0.2) is 6.23 Å². The first-order chi connectivity index (χ1) is 18.0. The quantitative estimate of drug-likeness (QED) is 0.273. The van der Waals surface area contributed by atoms with Gasteiger partial charge in [0, 0.05) is 36.4 Å². The maximum Gasteiger partial charge on any atom is 0.416 e. The first-order valence-corrected chi connectivity index (χ1v) is 12.9. The van der Waals surface area contributed by atoms with Crippen LogP contribution in [0.1, 0.15) is 84.1 Å². The lowest BCUT2D eigenvalue weighted by atomic mass is 9.98. The van der Waals surface area contributed by atoms with E-state index in [2.05, 4.69) is 10.3 Å². The molecule has 0 aromatic carbocycles. The normalized spacial score (nSPS) is 18.0. The molecule has 0 fully saturated rings. The predicted molar refractivity (Wildman–Crippen MR) is 149 cm³/mol. The van der Waals surface area contributed by atoms with Crippen LogP contribution in [0.25, 0.3) is 6.08 Å². The zero-order valence-electron chi connectivity index (χ0n) is 23.2. The van der Waals surface area contributed by atoms with Crippen molar-refractivity contribution in [2.45, 2.75) is 79.1 Å². The Labute approximate surface area is 224 Å². The van der Waals surface area contributed by atoms with Gasteiger partial charge < -0.3 is 20.5 Å². The Hall–Kier alpha value is -3.26. The second-order valence-electron chi connectivity index (χ2n) is 9.32. The third-order valence-corrected chi connectivity index (χ3v) is 6.10. The summed E-state index contributed by atoms with van der Waals surface area (Å²) >= 11 is 0. The molecule has 208 valence electrons. The summed E-state index contributed by atoms with van der Waals surface area (Å²) in [6.07, 6.45) is 11.0. The van der Waals surface area contributed by atoms with Crippen molar-refractivity contribution < 1.29 is 22.6 Å². The Morgan fingerprint density at radius 1 is 1.24 bits per heavy atom. The summed E-state index contributed by atoms with van der Waals surface area (Å²) in [5, 5.41) is 3.07. The predicted octanol–water partition coefficient (Wildman–Crippen LogP) is 8.43. The van der Waals surface area contributed by atoms with Crippen molar-refractivity contribution in [3.05, 3.63) is 87.7 Å². The van der Waals surface area contributed by atoms with E-state index in [1.165, 1.54) is 17.7 Å². The third kappa shape index (κ3) is 8.65. The molecule has 38 heavy (non-hydrogen) atoms. The fourth-order valence-corrected chi connectivity index (χ4v) is 4.17. The molecule has 2 heterocycles. The molecule has 2 aliphatic rings. The van der Waals surface area contributed by atoms with Gasteiger partial charge in [-0.1, -0.05) is 25.2 Å². The largest absolute Gasteiger partial charge is 0.461 e. The van der Waals surface area contributed by atoms with Gasteiger partial charge in [-0.3, -0.25) is 0 Å². The summed E-state index contributed by atoms with van der Waals surface area (Å²) in [4.78, 5) is 4.00. The van der Waals surface area contributed by atoms with Crippen molar-refractivity contribution in [2.75, 3.05) is 12.8 Å². The van der Waals surface area contributed by atoms with E-state index in [0.29, 0.717) is 23.6 Å². The molecule has 0 amide bonds. The molecular weight excluding hydrogens is 491 g/mol. The third-order valence-electron chi connectivity index (χ3n) is 6.10. The lowest BCUT2D eigenvalue weighted by molar-refractivity contribution is -0.0884. The van der Waals surface area contributed by atoms with Gasteiger partial charge in [-0.05, 0) is 88.9 Å². The number of fused-ring (bicyclic) bond motifs is 1. The molecular formula is C30H40F3N3O2. The number of halogens is 3. The lowest BCUT2D eigenvalue weighted by Gasteiger charge is -2.22. The second kappa shape index (κ2) is 14.6. The highest BCUT2D eigenvalue weighted by Gasteiger charge is 2.32. The number of rotatable bonds is 7. The molecule has 1 atom stereocenters. The summed E-state index contributed by atoms with van der Waals surface area (Å²) < 4.78 is 51.2. The maximum atomic E-state index is 13.3.